The lowest BCUT2D eigenvalue weighted by molar-refractivity contribution is 0.131. The first-order valence-electron chi connectivity index (χ1n) is 10.9. The van der Waals surface area contributed by atoms with Crippen LogP contribution in [-0.2, 0) is 7.05 Å². The molecule has 0 unspecified atom stereocenters. The van der Waals surface area contributed by atoms with E-state index in [0.29, 0.717) is 6.04 Å². The summed E-state index contributed by atoms with van der Waals surface area (Å²) < 4.78 is 10.2. The maximum atomic E-state index is 6.24. The highest BCUT2D eigenvalue weighted by Gasteiger charge is 2.27. The van der Waals surface area contributed by atoms with Gasteiger partial charge >= 0.3 is 0 Å². The SMILES string of the molecule is CNc1cc2c(cn1)c(-c1cnn(C)c1)nn2C1CCC(Oc2ccc(C)cc2)CC1. The van der Waals surface area contributed by atoms with E-state index >= 15 is 0 Å². The summed E-state index contributed by atoms with van der Waals surface area (Å²) >= 11 is 0. The van der Waals surface area contributed by atoms with Crippen LogP contribution < -0.4 is 10.1 Å². The van der Waals surface area contributed by atoms with Crippen molar-refractivity contribution < 1.29 is 4.74 Å². The van der Waals surface area contributed by atoms with Crippen LogP contribution in [0.4, 0.5) is 5.82 Å². The highest BCUT2D eigenvalue weighted by molar-refractivity contribution is 5.93. The third-order valence-corrected chi connectivity index (χ3v) is 6.14. The van der Waals surface area contributed by atoms with Gasteiger partial charge in [0, 0.05) is 43.5 Å². The fourth-order valence-electron chi connectivity index (χ4n) is 4.42. The average molecular weight is 417 g/mol. The zero-order valence-corrected chi connectivity index (χ0v) is 18.2. The Bertz CT molecular complexity index is 1180. The molecule has 0 atom stereocenters. The first kappa shape index (κ1) is 19.6. The second-order valence-corrected chi connectivity index (χ2v) is 8.39. The van der Waals surface area contributed by atoms with Crippen molar-refractivity contribution in [1.82, 2.24) is 24.5 Å². The van der Waals surface area contributed by atoms with Crippen molar-refractivity contribution in [2.75, 3.05) is 12.4 Å². The molecule has 3 aromatic heterocycles. The Labute approximate surface area is 182 Å². The number of nitrogens with one attached hydrogen (secondary N) is 1. The number of aryl methyl sites for hydroxylation is 2. The molecule has 0 aliphatic heterocycles. The topological polar surface area (TPSA) is 69.8 Å². The van der Waals surface area contributed by atoms with Gasteiger partial charge in [-0.05, 0) is 44.7 Å². The normalized spacial score (nSPS) is 18.9. The number of ether oxygens (including phenoxy) is 1. The fourth-order valence-corrected chi connectivity index (χ4v) is 4.42. The molecular formula is C24H28N6O. The second kappa shape index (κ2) is 8.06. The first-order chi connectivity index (χ1) is 15.1. The van der Waals surface area contributed by atoms with E-state index in [-0.39, 0.29) is 6.10 Å². The maximum Gasteiger partial charge on any atom is 0.127 e. The number of anilines is 1. The molecule has 0 amide bonds. The van der Waals surface area contributed by atoms with Gasteiger partial charge in [0.2, 0.25) is 0 Å². The molecule has 1 aromatic carbocycles. The molecule has 31 heavy (non-hydrogen) atoms. The van der Waals surface area contributed by atoms with Crippen LogP contribution in [0.15, 0.2) is 48.9 Å². The lowest BCUT2D eigenvalue weighted by Crippen LogP contribution is -2.26. The molecule has 7 nitrogen and oxygen atoms in total. The highest BCUT2D eigenvalue weighted by atomic mass is 16.5. The number of benzene rings is 1. The molecule has 0 saturated heterocycles. The molecule has 0 bridgehead atoms. The second-order valence-electron chi connectivity index (χ2n) is 8.39. The van der Waals surface area contributed by atoms with Gasteiger partial charge in [0.05, 0.1) is 23.9 Å². The summed E-state index contributed by atoms with van der Waals surface area (Å²) in [5.41, 5.74) is 4.32. The van der Waals surface area contributed by atoms with E-state index in [1.54, 1.807) is 0 Å². The minimum atomic E-state index is 0.258. The van der Waals surface area contributed by atoms with Crippen molar-refractivity contribution in [3.63, 3.8) is 0 Å². The first-order valence-corrected chi connectivity index (χ1v) is 10.9. The molecule has 1 aliphatic carbocycles. The largest absolute Gasteiger partial charge is 0.490 e. The predicted octanol–water partition coefficient (Wildman–Crippen LogP) is 4.74. The van der Waals surface area contributed by atoms with E-state index in [1.165, 1.54) is 5.56 Å². The Morgan fingerprint density at radius 1 is 1.06 bits per heavy atom. The molecule has 0 spiro atoms. The summed E-state index contributed by atoms with van der Waals surface area (Å²) in [6.07, 6.45) is 10.2. The van der Waals surface area contributed by atoms with E-state index in [4.69, 9.17) is 9.84 Å². The van der Waals surface area contributed by atoms with Crippen LogP contribution in [0.3, 0.4) is 0 Å². The van der Waals surface area contributed by atoms with Crippen LogP contribution in [0.1, 0.15) is 37.3 Å². The number of fused-ring (bicyclic) bond motifs is 1. The number of nitrogens with zero attached hydrogens (tertiary/aromatic N) is 5. The zero-order valence-electron chi connectivity index (χ0n) is 18.2. The van der Waals surface area contributed by atoms with Gasteiger partial charge in [-0.1, -0.05) is 17.7 Å². The Balaban J connectivity index is 1.40. The Morgan fingerprint density at radius 2 is 1.84 bits per heavy atom. The van der Waals surface area contributed by atoms with Crippen LogP contribution in [-0.4, -0.2) is 37.7 Å². The molecule has 7 heteroatoms. The Morgan fingerprint density at radius 3 is 2.52 bits per heavy atom. The van der Waals surface area contributed by atoms with Crippen molar-refractivity contribution in [2.45, 2.75) is 44.8 Å². The quantitative estimate of drug-likeness (QED) is 0.509. The van der Waals surface area contributed by atoms with Gasteiger partial charge in [-0.3, -0.25) is 9.36 Å². The van der Waals surface area contributed by atoms with Crippen LogP contribution in [0.2, 0.25) is 0 Å². The molecule has 3 heterocycles. The van der Waals surface area contributed by atoms with Crippen molar-refractivity contribution in [2.24, 2.45) is 7.05 Å². The molecule has 4 aromatic rings. The van der Waals surface area contributed by atoms with Gasteiger partial charge < -0.3 is 10.1 Å². The summed E-state index contributed by atoms with van der Waals surface area (Å²) in [5.74, 6) is 1.81. The lowest BCUT2D eigenvalue weighted by atomic mass is 9.93. The van der Waals surface area contributed by atoms with Crippen molar-refractivity contribution in [3.05, 3.63) is 54.5 Å². The minimum Gasteiger partial charge on any atom is -0.490 e. The van der Waals surface area contributed by atoms with E-state index in [9.17, 15) is 0 Å². The van der Waals surface area contributed by atoms with Crippen LogP contribution >= 0.6 is 0 Å². The van der Waals surface area contributed by atoms with Gasteiger partial charge in [0.1, 0.15) is 17.3 Å². The zero-order chi connectivity index (χ0) is 21.4. The van der Waals surface area contributed by atoms with Gasteiger partial charge in [-0.2, -0.15) is 10.2 Å². The Kier molecular flexibility index (Phi) is 5.10. The van der Waals surface area contributed by atoms with Crippen LogP contribution in [0, 0.1) is 6.92 Å². The fraction of sp³-hybridized carbons (Fsp3) is 0.375. The molecular weight excluding hydrogens is 388 g/mol. The van der Waals surface area contributed by atoms with Gasteiger partial charge in [-0.25, -0.2) is 4.98 Å². The monoisotopic (exact) mass is 416 g/mol. The molecule has 160 valence electrons. The number of rotatable bonds is 5. The summed E-state index contributed by atoms with van der Waals surface area (Å²) in [5, 5.41) is 13.6. The summed E-state index contributed by atoms with van der Waals surface area (Å²) in [6, 6.07) is 10.8. The van der Waals surface area contributed by atoms with Gasteiger partial charge in [0.15, 0.2) is 0 Å². The number of hydrogen-bond acceptors (Lipinski definition) is 5. The molecule has 5 rings (SSSR count). The molecule has 1 saturated carbocycles. The van der Waals surface area contributed by atoms with Crippen LogP contribution in [0.5, 0.6) is 5.75 Å². The van der Waals surface area contributed by atoms with E-state index in [2.05, 4.69) is 57.3 Å². The van der Waals surface area contributed by atoms with E-state index in [0.717, 1.165) is 59.4 Å². The average Bonchev–Trinajstić information content (AvgIpc) is 3.39. The molecule has 1 fully saturated rings. The molecule has 1 N–H and O–H groups in total. The standard InChI is InChI=1S/C24H28N6O/c1-16-4-8-19(9-5-16)31-20-10-6-18(7-11-20)30-22-12-23(25-2)26-14-21(22)24(28-30)17-13-27-29(3)15-17/h4-5,8-9,12-15,18,20H,6-7,10-11H2,1-3H3,(H,25,26). The molecule has 0 radical (unpaired) electrons. The van der Waals surface area contributed by atoms with Crippen molar-refractivity contribution in [3.8, 4) is 17.0 Å². The van der Waals surface area contributed by atoms with Crippen molar-refractivity contribution in [1.29, 1.82) is 0 Å². The Hall–Kier alpha value is -3.35. The van der Waals surface area contributed by atoms with Crippen molar-refractivity contribution >= 4 is 16.7 Å². The van der Waals surface area contributed by atoms with Gasteiger partial charge in [0.25, 0.3) is 0 Å². The third kappa shape index (κ3) is 3.87. The summed E-state index contributed by atoms with van der Waals surface area (Å²) in [4.78, 5) is 4.53. The predicted molar refractivity (Wildman–Crippen MR) is 122 cm³/mol. The summed E-state index contributed by atoms with van der Waals surface area (Å²) in [7, 11) is 3.82. The van der Waals surface area contributed by atoms with E-state index < -0.39 is 0 Å². The van der Waals surface area contributed by atoms with Crippen LogP contribution in [0.25, 0.3) is 22.2 Å². The maximum absolute atomic E-state index is 6.24. The smallest absolute Gasteiger partial charge is 0.127 e. The minimum absolute atomic E-state index is 0.258. The molecule has 1 aliphatic rings. The van der Waals surface area contributed by atoms with E-state index in [1.807, 2.05) is 37.4 Å². The number of aromatic nitrogens is 5. The number of hydrogen-bond donors (Lipinski definition) is 1. The number of pyridine rings is 1. The van der Waals surface area contributed by atoms with Gasteiger partial charge in [-0.15, -0.1) is 0 Å². The highest BCUT2D eigenvalue weighted by Crippen LogP contribution is 2.36. The third-order valence-electron chi connectivity index (χ3n) is 6.14. The summed E-state index contributed by atoms with van der Waals surface area (Å²) in [6.45, 7) is 2.10. The lowest BCUT2D eigenvalue weighted by Gasteiger charge is -2.29.